The van der Waals surface area contributed by atoms with Gasteiger partial charge in [-0.15, -0.1) is 23.1 Å². The summed E-state index contributed by atoms with van der Waals surface area (Å²) in [7, 11) is 2.70. The van der Waals surface area contributed by atoms with Gasteiger partial charge in [-0.2, -0.15) is 4.98 Å². The third kappa shape index (κ3) is 5.10. The number of aromatic nitrogens is 4. The van der Waals surface area contributed by atoms with Crippen LogP contribution in [0.1, 0.15) is 5.69 Å². The van der Waals surface area contributed by atoms with E-state index in [2.05, 4.69) is 25.5 Å². The van der Waals surface area contributed by atoms with Crippen LogP contribution in [0.4, 0.5) is 5.13 Å². The van der Waals surface area contributed by atoms with Crippen LogP contribution in [0.25, 0.3) is 0 Å². The van der Waals surface area contributed by atoms with Gasteiger partial charge in [0, 0.05) is 23.9 Å². The summed E-state index contributed by atoms with van der Waals surface area (Å²) >= 11 is 3.29. The molecule has 2 aliphatic heterocycles. The Labute approximate surface area is 218 Å². The first kappa shape index (κ1) is 26.4. The largest absolute Gasteiger partial charge is 0.477 e. The van der Waals surface area contributed by atoms with Crippen molar-refractivity contribution in [3.05, 3.63) is 43.1 Å². The highest BCUT2D eigenvalue weighted by molar-refractivity contribution is 8.01. The van der Waals surface area contributed by atoms with E-state index in [1.807, 2.05) is 5.48 Å². The Bertz CT molecular complexity index is 1450. The summed E-state index contributed by atoms with van der Waals surface area (Å²) < 4.78 is 1.25. The average Bonchev–Trinajstić information content (AvgIpc) is 3.35. The van der Waals surface area contributed by atoms with Crippen LogP contribution in [0.3, 0.4) is 0 Å². The van der Waals surface area contributed by atoms with Crippen LogP contribution >= 0.6 is 34.9 Å². The summed E-state index contributed by atoms with van der Waals surface area (Å²) in [4.78, 5) is 74.3. The maximum atomic E-state index is 12.9. The number of rotatable bonds is 9. The van der Waals surface area contributed by atoms with E-state index in [-0.39, 0.29) is 38.9 Å². The van der Waals surface area contributed by atoms with Crippen LogP contribution in [0.5, 0.6) is 0 Å². The zero-order valence-electron chi connectivity index (χ0n) is 19.0. The van der Waals surface area contributed by atoms with Crippen LogP contribution < -0.4 is 21.9 Å². The smallest absolute Gasteiger partial charge is 0.352 e. The summed E-state index contributed by atoms with van der Waals surface area (Å²) in [6.07, 6.45) is 0. The van der Waals surface area contributed by atoms with Gasteiger partial charge in [-0.05, 0) is 5.57 Å². The number of aliphatic carboxylic acids is 1. The molecule has 0 spiro atoms. The lowest BCUT2D eigenvalue weighted by Gasteiger charge is -2.49. The van der Waals surface area contributed by atoms with Crippen LogP contribution in [0, 0.1) is 0 Å². The van der Waals surface area contributed by atoms with Gasteiger partial charge in [0.05, 0.1) is 0 Å². The third-order valence-corrected chi connectivity index (χ3v) is 8.30. The van der Waals surface area contributed by atoms with Crippen LogP contribution in [0.2, 0.25) is 0 Å². The number of H-pyrrole nitrogens is 1. The number of carbonyl (C=O) groups excluding carboxylic acids is 2. The summed E-state index contributed by atoms with van der Waals surface area (Å²) in [5.74, 6) is -2.42. The zero-order valence-corrected chi connectivity index (χ0v) is 21.4. The molecule has 5 N–H and O–H groups in total. The first-order chi connectivity index (χ1) is 17.7. The predicted octanol–water partition coefficient (Wildman–Crippen LogP) is -1.39. The fraction of sp³-hybridized carbons (Fsp3) is 0.333. The van der Waals surface area contributed by atoms with E-state index in [0.717, 1.165) is 28.0 Å². The Hall–Kier alpha value is -3.68. The molecular weight excluding hydrogens is 552 g/mol. The molecule has 196 valence electrons. The molecule has 2 amide bonds. The van der Waals surface area contributed by atoms with Gasteiger partial charge in [0.1, 0.15) is 29.9 Å². The molecular formula is C18H18N8O8S3. The lowest BCUT2D eigenvalue weighted by Crippen LogP contribution is -2.71. The fourth-order valence-corrected chi connectivity index (χ4v) is 6.47. The molecule has 37 heavy (non-hydrogen) atoms. The topological polar surface area (TPSA) is 221 Å². The van der Waals surface area contributed by atoms with Gasteiger partial charge >= 0.3 is 17.1 Å². The highest BCUT2D eigenvalue weighted by Crippen LogP contribution is 2.41. The molecule has 2 atom stereocenters. The number of nitrogens with zero attached hydrogens (tertiary/aromatic N) is 5. The van der Waals surface area contributed by atoms with Crippen molar-refractivity contribution in [2.24, 2.45) is 12.2 Å². The normalized spacial score (nSPS) is 19.3. The summed E-state index contributed by atoms with van der Waals surface area (Å²) in [6.45, 7) is 0. The highest BCUT2D eigenvalue weighted by Gasteiger charge is 2.54. The quantitative estimate of drug-likeness (QED) is 0.0771. The van der Waals surface area contributed by atoms with Crippen molar-refractivity contribution in [3.8, 4) is 0 Å². The number of hydrogen-bond acceptors (Lipinski definition) is 14. The summed E-state index contributed by atoms with van der Waals surface area (Å²) in [6, 6.07) is -1.03. The maximum absolute atomic E-state index is 12.9. The minimum Gasteiger partial charge on any atom is -0.477 e. The molecule has 16 nitrogen and oxygen atoms in total. The second-order valence-electron chi connectivity index (χ2n) is 7.38. The van der Waals surface area contributed by atoms with Crippen molar-refractivity contribution < 1.29 is 29.5 Å². The molecule has 0 radical (unpaired) electrons. The van der Waals surface area contributed by atoms with Gasteiger partial charge in [-0.1, -0.05) is 16.9 Å². The number of β-lactam (4-membered cyclic amide) rings is 1. The number of thioether (sulfide) groups is 2. The number of fused-ring (bicyclic) bond motifs is 1. The standard InChI is InChI=1S/C18H18N8O8S3/c1-25-18(21-12(28)13(29)22-25)37-4-6-3-35-15-9(14(30)26(15)10(6)16(31)32)20-11(27)8(24-34-2)7-5-36-17(19-7)23-33/h5,9,15,33H,3-4H2,1-2H3,(H,19,23)(H,20,27)(H,22,29)(H,31,32)/b24-8-/t9-,15-/m1/s1. The van der Waals surface area contributed by atoms with Crippen LogP contribution in [-0.2, 0) is 26.3 Å². The lowest BCUT2D eigenvalue weighted by atomic mass is 10.0. The number of anilines is 1. The van der Waals surface area contributed by atoms with E-state index >= 15 is 0 Å². The Balaban J connectivity index is 1.51. The van der Waals surface area contributed by atoms with Crippen LogP contribution in [-0.4, -0.2) is 88.5 Å². The Morgan fingerprint density at radius 1 is 1.35 bits per heavy atom. The first-order valence-electron chi connectivity index (χ1n) is 10.1. The first-order valence-corrected chi connectivity index (χ1v) is 13.1. The number of nitrogens with one attached hydrogen (secondary N) is 3. The number of carboxylic acids is 1. The molecule has 0 saturated carbocycles. The van der Waals surface area contributed by atoms with Crippen molar-refractivity contribution >= 4 is 63.5 Å². The Morgan fingerprint density at radius 2 is 2.11 bits per heavy atom. The number of carboxylic acid groups (broad SMARTS) is 1. The molecule has 2 aliphatic rings. The minimum atomic E-state index is -1.32. The Kier molecular flexibility index (Phi) is 7.66. The number of oxime groups is 1. The highest BCUT2D eigenvalue weighted by atomic mass is 32.2. The molecule has 0 aliphatic carbocycles. The van der Waals surface area contributed by atoms with Gasteiger partial charge in [-0.3, -0.25) is 39.1 Å². The van der Waals surface area contributed by atoms with Crippen LogP contribution in [0.15, 0.2) is 36.6 Å². The molecule has 0 bridgehead atoms. The van der Waals surface area contributed by atoms with Gasteiger partial charge in [0.25, 0.3) is 11.8 Å². The number of carbonyl (C=O) groups is 3. The van der Waals surface area contributed by atoms with Gasteiger partial charge in [0.2, 0.25) is 5.13 Å². The molecule has 4 heterocycles. The third-order valence-electron chi connectivity index (χ3n) is 5.10. The predicted molar refractivity (Wildman–Crippen MR) is 132 cm³/mol. The molecule has 2 aromatic rings. The minimum absolute atomic E-state index is 0.0875. The van der Waals surface area contributed by atoms with Crippen molar-refractivity contribution in [1.82, 2.24) is 30.0 Å². The number of aromatic amines is 1. The second-order valence-corrected chi connectivity index (χ2v) is 10.3. The average molecular weight is 571 g/mol. The monoisotopic (exact) mass is 570 g/mol. The molecule has 19 heteroatoms. The van der Waals surface area contributed by atoms with E-state index in [1.54, 1.807) is 0 Å². The second kappa shape index (κ2) is 10.7. The zero-order chi connectivity index (χ0) is 26.9. The van der Waals surface area contributed by atoms with Gasteiger partial charge in [-0.25, -0.2) is 15.3 Å². The van der Waals surface area contributed by atoms with E-state index < -0.39 is 40.3 Å². The van der Waals surface area contributed by atoms with E-state index in [1.165, 1.54) is 36.0 Å². The molecule has 0 aromatic carbocycles. The maximum Gasteiger partial charge on any atom is 0.352 e. The molecule has 4 rings (SSSR count). The fourth-order valence-electron chi connectivity index (χ4n) is 3.47. The molecule has 2 aromatic heterocycles. The van der Waals surface area contributed by atoms with E-state index in [4.69, 9.17) is 10.0 Å². The van der Waals surface area contributed by atoms with E-state index in [0.29, 0.717) is 5.57 Å². The van der Waals surface area contributed by atoms with E-state index in [9.17, 15) is 29.1 Å². The number of hydrogen-bond donors (Lipinski definition) is 5. The lowest BCUT2D eigenvalue weighted by molar-refractivity contribution is -0.150. The van der Waals surface area contributed by atoms with Crippen molar-refractivity contribution in [3.63, 3.8) is 0 Å². The number of amides is 2. The summed E-state index contributed by atoms with van der Waals surface area (Å²) in [5, 5.41) is 28.4. The van der Waals surface area contributed by atoms with Crippen molar-refractivity contribution in [2.75, 3.05) is 24.1 Å². The van der Waals surface area contributed by atoms with Crippen molar-refractivity contribution in [2.45, 2.75) is 16.6 Å². The number of thiazole rings is 1. The number of aryl methyl sites for hydroxylation is 1. The van der Waals surface area contributed by atoms with Gasteiger partial charge < -0.3 is 15.3 Å². The molecule has 1 fully saturated rings. The Morgan fingerprint density at radius 3 is 2.76 bits per heavy atom. The SMILES string of the molecule is CO/N=C(\C(=O)N[C@@H]1C(=O)N2C(C(=O)O)=C(CSc3nc(=O)c(=O)[nH]n3C)CS[C@H]12)c1csc(NO)n1. The van der Waals surface area contributed by atoms with Gasteiger partial charge in [0.15, 0.2) is 10.9 Å². The molecule has 0 unspecified atom stereocenters. The van der Waals surface area contributed by atoms with Crippen molar-refractivity contribution in [1.29, 1.82) is 0 Å². The molecule has 1 saturated heterocycles. The summed E-state index contributed by atoms with van der Waals surface area (Å²) in [5.41, 5.74) is 0.0475.